The molecule has 22 heavy (non-hydrogen) atoms. The predicted molar refractivity (Wildman–Crippen MR) is 88.0 cm³/mol. The number of aromatic nitrogens is 2. The number of likely N-dealkylation sites (N-methyl/N-ethyl adjacent to an activating group) is 1. The van der Waals surface area contributed by atoms with Gasteiger partial charge < -0.3 is 15.1 Å². The van der Waals surface area contributed by atoms with Gasteiger partial charge in [-0.25, -0.2) is 0 Å². The van der Waals surface area contributed by atoms with Crippen LogP contribution < -0.4 is 5.32 Å². The fraction of sp³-hybridized carbons (Fsp3) is 0.688. The third-order valence-corrected chi connectivity index (χ3v) is 4.02. The maximum absolute atomic E-state index is 12.4. The van der Waals surface area contributed by atoms with Crippen LogP contribution in [0.5, 0.6) is 0 Å². The number of carbonyl (C=O) groups excluding carboxylic acids is 1. The van der Waals surface area contributed by atoms with E-state index in [-0.39, 0.29) is 5.91 Å². The van der Waals surface area contributed by atoms with Gasteiger partial charge in [0.25, 0.3) is 5.91 Å². The summed E-state index contributed by atoms with van der Waals surface area (Å²) in [5, 5.41) is 11.4. The standard InChI is InChI=1S/C16H27N5O/c1-4-20-9-11-21(12-10-20)16(22)14-5-6-15(19-18-14)17-8-7-13(2)3/h5-6,13H,4,7-12H2,1-3H3,(H,17,19). The predicted octanol–water partition coefficient (Wildman–Crippen LogP) is 1.71. The van der Waals surface area contributed by atoms with Crippen molar-refractivity contribution in [2.45, 2.75) is 27.2 Å². The highest BCUT2D eigenvalue weighted by Gasteiger charge is 2.22. The average molecular weight is 305 g/mol. The smallest absolute Gasteiger partial charge is 0.274 e. The second kappa shape index (κ2) is 8.08. The lowest BCUT2D eigenvalue weighted by molar-refractivity contribution is 0.0636. The Morgan fingerprint density at radius 2 is 1.95 bits per heavy atom. The van der Waals surface area contributed by atoms with E-state index in [4.69, 9.17) is 0 Å². The zero-order valence-corrected chi connectivity index (χ0v) is 13.9. The normalized spacial score (nSPS) is 16.1. The topological polar surface area (TPSA) is 61.4 Å². The molecule has 2 heterocycles. The third kappa shape index (κ3) is 4.66. The molecular formula is C16H27N5O. The van der Waals surface area contributed by atoms with Crippen molar-refractivity contribution in [3.05, 3.63) is 17.8 Å². The van der Waals surface area contributed by atoms with E-state index in [2.05, 4.69) is 41.2 Å². The Morgan fingerprint density at radius 1 is 1.23 bits per heavy atom. The van der Waals surface area contributed by atoms with Gasteiger partial charge >= 0.3 is 0 Å². The maximum atomic E-state index is 12.4. The van der Waals surface area contributed by atoms with E-state index in [0.717, 1.165) is 51.5 Å². The second-order valence-electron chi connectivity index (χ2n) is 6.14. The van der Waals surface area contributed by atoms with E-state index in [1.54, 1.807) is 6.07 Å². The van der Waals surface area contributed by atoms with Crippen molar-refractivity contribution < 1.29 is 4.79 Å². The number of hydrogen-bond acceptors (Lipinski definition) is 5. The van der Waals surface area contributed by atoms with Crippen LogP contribution in [0.2, 0.25) is 0 Å². The molecule has 1 aromatic heterocycles. The molecular weight excluding hydrogens is 278 g/mol. The highest BCUT2D eigenvalue weighted by molar-refractivity contribution is 5.92. The van der Waals surface area contributed by atoms with Crippen LogP contribution >= 0.6 is 0 Å². The summed E-state index contributed by atoms with van der Waals surface area (Å²) in [6, 6.07) is 3.60. The Balaban J connectivity index is 1.86. The van der Waals surface area contributed by atoms with Crippen molar-refractivity contribution in [3.8, 4) is 0 Å². The van der Waals surface area contributed by atoms with Gasteiger partial charge in [-0.05, 0) is 31.0 Å². The van der Waals surface area contributed by atoms with Gasteiger partial charge in [0.2, 0.25) is 0 Å². The van der Waals surface area contributed by atoms with Crippen molar-refractivity contribution in [2.24, 2.45) is 5.92 Å². The van der Waals surface area contributed by atoms with Gasteiger partial charge in [0.05, 0.1) is 0 Å². The van der Waals surface area contributed by atoms with Gasteiger partial charge in [-0.2, -0.15) is 0 Å². The fourth-order valence-electron chi connectivity index (χ4n) is 2.46. The lowest BCUT2D eigenvalue weighted by Crippen LogP contribution is -2.48. The number of nitrogens with one attached hydrogen (secondary N) is 1. The highest BCUT2D eigenvalue weighted by Crippen LogP contribution is 2.09. The van der Waals surface area contributed by atoms with E-state index in [9.17, 15) is 4.79 Å². The molecule has 0 bridgehead atoms. The molecule has 122 valence electrons. The molecule has 0 radical (unpaired) electrons. The molecule has 1 aliphatic rings. The molecule has 1 amide bonds. The van der Waals surface area contributed by atoms with E-state index in [1.165, 1.54) is 0 Å². The molecule has 0 aliphatic carbocycles. The molecule has 0 unspecified atom stereocenters. The number of nitrogens with zero attached hydrogens (tertiary/aromatic N) is 4. The van der Waals surface area contributed by atoms with Gasteiger partial charge in [0, 0.05) is 32.7 Å². The molecule has 6 heteroatoms. The molecule has 0 atom stereocenters. The summed E-state index contributed by atoms with van der Waals surface area (Å²) < 4.78 is 0. The first-order valence-corrected chi connectivity index (χ1v) is 8.19. The Labute approximate surface area is 132 Å². The van der Waals surface area contributed by atoms with Crippen molar-refractivity contribution >= 4 is 11.7 Å². The van der Waals surface area contributed by atoms with Crippen LogP contribution in [0.3, 0.4) is 0 Å². The molecule has 6 nitrogen and oxygen atoms in total. The fourth-order valence-corrected chi connectivity index (χ4v) is 2.46. The van der Waals surface area contributed by atoms with E-state index < -0.39 is 0 Å². The molecule has 0 saturated carbocycles. The number of piperazine rings is 1. The summed E-state index contributed by atoms with van der Waals surface area (Å²) in [5.74, 6) is 1.37. The molecule has 0 aromatic carbocycles. The molecule has 1 aromatic rings. The summed E-state index contributed by atoms with van der Waals surface area (Å²) >= 11 is 0. The van der Waals surface area contributed by atoms with Crippen LogP contribution in [0.15, 0.2) is 12.1 Å². The highest BCUT2D eigenvalue weighted by atomic mass is 16.2. The Hall–Kier alpha value is -1.69. The van der Waals surface area contributed by atoms with Gasteiger partial charge in [-0.15, -0.1) is 10.2 Å². The first-order valence-electron chi connectivity index (χ1n) is 8.19. The summed E-state index contributed by atoms with van der Waals surface area (Å²) in [4.78, 5) is 16.6. The lowest BCUT2D eigenvalue weighted by Gasteiger charge is -2.33. The van der Waals surface area contributed by atoms with E-state index in [1.807, 2.05) is 11.0 Å². The quantitative estimate of drug-likeness (QED) is 0.867. The lowest BCUT2D eigenvalue weighted by atomic mass is 10.1. The van der Waals surface area contributed by atoms with Gasteiger partial charge in [-0.1, -0.05) is 20.8 Å². The van der Waals surface area contributed by atoms with E-state index in [0.29, 0.717) is 11.6 Å². The van der Waals surface area contributed by atoms with Crippen LogP contribution in [-0.4, -0.2) is 65.2 Å². The van der Waals surface area contributed by atoms with Crippen molar-refractivity contribution in [3.63, 3.8) is 0 Å². The molecule has 1 fully saturated rings. The van der Waals surface area contributed by atoms with E-state index >= 15 is 0 Å². The summed E-state index contributed by atoms with van der Waals surface area (Å²) in [6.45, 7) is 11.8. The van der Waals surface area contributed by atoms with Crippen LogP contribution in [0.25, 0.3) is 0 Å². The first-order chi connectivity index (χ1) is 10.6. The molecule has 2 rings (SSSR count). The molecule has 0 spiro atoms. The first kappa shape index (κ1) is 16.7. The van der Waals surface area contributed by atoms with Crippen LogP contribution in [-0.2, 0) is 0 Å². The van der Waals surface area contributed by atoms with Crippen molar-refractivity contribution in [2.75, 3.05) is 44.6 Å². The molecule has 1 N–H and O–H groups in total. The van der Waals surface area contributed by atoms with Gasteiger partial charge in [0.1, 0.15) is 5.82 Å². The monoisotopic (exact) mass is 305 g/mol. The van der Waals surface area contributed by atoms with Gasteiger partial charge in [-0.3, -0.25) is 4.79 Å². The van der Waals surface area contributed by atoms with Crippen LogP contribution in [0, 0.1) is 5.92 Å². The third-order valence-electron chi connectivity index (χ3n) is 4.02. The minimum atomic E-state index is -0.0167. The number of rotatable bonds is 6. The number of anilines is 1. The van der Waals surface area contributed by atoms with Crippen molar-refractivity contribution in [1.29, 1.82) is 0 Å². The van der Waals surface area contributed by atoms with Crippen molar-refractivity contribution in [1.82, 2.24) is 20.0 Å². The zero-order valence-electron chi connectivity index (χ0n) is 13.9. The minimum Gasteiger partial charge on any atom is -0.369 e. The zero-order chi connectivity index (χ0) is 15.9. The van der Waals surface area contributed by atoms with Crippen LogP contribution in [0.4, 0.5) is 5.82 Å². The molecule has 1 aliphatic heterocycles. The van der Waals surface area contributed by atoms with Crippen LogP contribution in [0.1, 0.15) is 37.7 Å². The Morgan fingerprint density at radius 3 is 2.50 bits per heavy atom. The Bertz CT molecular complexity index is 466. The largest absolute Gasteiger partial charge is 0.369 e. The minimum absolute atomic E-state index is 0.0167. The SMILES string of the molecule is CCN1CCN(C(=O)c2ccc(NCCC(C)C)nn2)CC1. The maximum Gasteiger partial charge on any atom is 0.274 e. The molecule has 1 saturated heterocycles. The number of amides is 1. The second-order valence-corrected chi connectivity index (χ2v) is 6.14. The number of hydrogen-bond donors (Lipinski definition) is 1. The summed E-state index contributed by atoms with van der Waals surface area (Å²) in [6.07, 6.45) is 1.09. The average Bonchev–Trinajstić information content (AvgIpc) is 2.54. The summed E-state index contributed by atoms with van der Waals surface area (Å²) in [5.41, 5.74) is 0.430. The summed E-state index contributed by atoms with van der Waals surface area (Å²) in [7, 11) is 0. The number of carbonyl (C=O) groups is 1. The Kier molecular flexibility index (Phi) is 6.12. The van der Waals surface area contributed by atoms with Gasteiger partial charge in [0.15, 0.2) is 5.69 Å².